The van der Waals surface area contributed by atoms with Gasteiger partial charge in [-0.25, -0.2) is 0 Å². The summed E-state index contributed by atoms with van der Waals surface area (Å²) in [5, 5.41) is 11.5. The molecule has 0 radical (unpaired) electrons. The van der Waals surface area contributed by atoms with Gasteiger partial charge >= 0.3 is 0 Å². The average molecular weight is 351 g/mol. The number of halogens is 1. The fraction of sp³-hybridized carbons (Fsp3) is 0.133. The monoisotopic (exact) mass is 350 g/mol. The number of nitrogens with two attached hydrogens (primary N) is 1. The summed E-state index contributed by atoms with van der Waals surface area (Å²) in [6.07, 6.45) is 0. The van der Waals surface area contributed by atoms with Crippen LogP contribution in [0.1, 0.15) is 11.1 Å². The van der Waals surface area contributed by atoms with E-state index >= 15 is 0 Å². The highest BCUT2D eigenvalue weighted by molar-refractivity contribution is 9.10. The van der Waals surface area contributed by atoms with Crippen LogP contribution in [-0.2, 0) is 6.61 Å². The second-order valence-electron chi connectivity index (χ2n) is 4.27. The molecule has 0 aliphatic heterocycles. The van der Waals surface area contributed by atoms with Gasteiger partial charge < -0.3 is 20.4 Å². The molecule has 5 nitrogen and oxygen atoms in total. The van der Waals surface area contributed by atoms with Gasteiger partial charge in [0.05, 0.1) is 11.6 Å². The summed E-state index contributed by atoms with van der Waals surface area (Å²) in [7, 11) is 1.62. The third kappa shape index (κ3) is 3.88. The Labute approximate surface area is 131 Å². The average Bonchev–Trinajstić information content (AvgIpc) is 2.52. The normalized spacial score (nSPS) is 11.2. The first-order chi connectivity index (χ1) is 10.1. The van der Waals surface area contributed by atoms with Crippen LogP contribution in [0.25, 0.3) is 0 Å². The highest BCUT2D eigenvalue weighted by atomic mass is 79.9. The maximum atomic E-state index is 8.60. The summed E-state index contributed by atoms with van der Waals surface area (Å²) in [6.45, 7) is 0.436. The van der Waals surface area contributed by atoms with E-state index < -0.39 is 0 Å². The van der Waals surface area contributed by atoms with Gasteiger partial charge in [0.2, 0.25) is 0 Å². The molecule has 0 fully saturated rings. The molecule has 21 heavy (non-hydrogen) atoms. The molecular weight excluding hydrogens is 336 g/mol. The van der Waals surface area contributed by atoms with Crippen molar-refractivity contribution in [2.45, 2.75) is 6.61 Å². The lowest BCUT2D eigenvalue weighted by Gasteiger charge is -2.09. The first kappa shape index (κ1) is 15.2. The van der Waals surface area contributed by atoms with E-state index in [0.29, 0.717) is 17.9 Å². The minimum Gasteiger partial charge on any atom is -0.496 e. The second-order valence-corrected chi connectivity index (χ2v) is 5.12. The van der Waals surface area contributed by atoms with Crippen molar-refractivity contribution >= 4 is 21.8 Å². The van der Waals surface area contributed by atoms with Crippen LogP contribution in [0.2, 0.25) is 0 Å². The van der Waals surface area contributed by atoms with Gasteiger partial charge in [0.25, 0.3) is 0 Å². The van der Waals surface area contributed by atoms with E-state index in [1.807, 2.05) is 18.2 Å². The molecule has 110 valence electrons. The van der Waals surface area contributed by atoms with Crippen LogP contribution in [0, 0.1) is 0 Å². The topological polar surface area (TPSA) is 77.1 Å². The maximum absolute atomic E-state index is 8.60. The predicted molar refractivity (Wildman–Crippen MR) is 84.0 cm³/mol. The fourth-order valence-electron chi connectivity index (χ4n) is 1.75. The highest BCUT2D eigenvalue weighted by Gasteiger charge is 2.03. The zero-order chi connectivity index (χ0) is 15.2. The molecule has 6 heteroatoms. The van der Waals surface area contributed by atoms with E-state index in [1.54, 1.807) is 31.4 Å². The molecule has 0 spiro atoms. The minimum absolute atomic E-state index is 0.0700. The molecule has 0 unspecified atom stereocenters. The molecule has 0 atom stereocenters. The molecule has 0 aliphatic rings. The van der Waals surface area contributed by atoms with Gasteiger partial charge in [0.15, 0.2) is 5.84 Å². The molecule has 2 rings (SSSR count). The first-order valence-electron chi connectivity index (χ1n) is 6.17. The van der Waals surface area contributed by atoms with E-state index in [-0.39, 0.29) is 5.84 Å². The highest BCUT2D eigenvalue weighted by Crippen LogP contribution is 2.26. The van der Waals surface area contributed by atoms with Gasteiger partial charge in [-0.3, -0.25) is 0 Å². The van der Waals surface area contributed by atoms with Crippen molar-refractivity contribution < 1.29 is 14.7 Å². The Balaban J connectivity index is 2.01. The summed E-state index contributed by atoms with van der Waals surface area (Å²) in [5.41, 5.74) is 7.15. The number of nitrogens with zero attached hydrogens (tertiary/aromatic N) is 1. The molecule has 0 bridgehead atoms. The van der Waals surface area contributed by atoms with Crippen LogP contribution in [0.5, 0.6) is 11.5 Å². The Morgan fingerprint density at radius 2 is 1.95 bits per heavy atom. The summed E-state index contributed by atoms with van der Waals surface area (Å²) in [6, 6.07) is 12.8. The SMILES string of the molecule is COc1ccc(COc2ccc(C(N)=NO)cc2)cc1Br. The number of hydrogen-bond acceptors (Lipinski definition) is 4. The van der Waals surface area contributed by atoms with Gasteiger partial charge in [0, 0.05) is 5.56 Å². The second kappa shape index (κ2) is 6.99. The van der Waals surface area contributed by atoms with Gasteiger partial charge in [-0.1, -0.05) is 11.2 Å². The Bertz CT molecular complexity index is 642. The van der Waals surface area contributed by atoms with Crippen LogP contribution in [-0.4, -0.2) is 18.2 Å². The number of oxime groups is 1. The summed E-state index contributed by atoms with van der Waals surface area (Å²) >= 11 is 3.44. The smallest absolute Gasteiger partial charge is 0.170 e. The van der Waals surface area contributed by atoms with E-state index in [2.05, 4.69) is 21.1 Å². The molecule has 0 saturated carbocycles. The number of amidine groups is 1. The van der Waals surface area contributed by atoms with Crippen LogP contribution >= 0.6 is 15.9 Å². The zero-order valence-electron chi connectivity index (χ0n) is 11.4. The molecule has 2 aromatic carbocycles. The van der Waals surface area contributed by atoms with Crippen molar-refractivity contribution in [2.24, 2.45) is 10.9 Å². The first-order valence-corrected chi connectivity index (χ1v) is 6.96. The van der Waals surface area contributed by atoms with Crippen LogP contribution in [0.3, 0.4) is 0 Å². The van der Waals surface area contributed by atoms with Crippen LogP contribution in [0.15, 0.2) is 52.1 Å². The van der Waals surface area contributed by atoms with Crippen LogP contribution < -0.4 is 15.2 Å². The number of ether oxygens (including phenoxy) is 2. The summed E-state index contributed by atoms with van der Waals surface area (Å²) in [4.78, 5) is 0. The standard InChI is InChI=1S/C15H15BrN2O3/c1-20-14-7-2-10(8-13(14)16)9-21-12-5-3-11(4-6-12)15(17)18-19/h2-8,19H,9H2,1H3,(H2,17,18). The molecular formula is C15H15BrN2O3. The van der Waals surface area contributed by atoms with Gasteiger partial charge in [-0.05, 0) is 57.9 Å². The van der Waals surface area contributed by atoms with Crippen molar-refractivity contribution in [2.75, 3.05) is 7.11 Å². The van der Waals surface area contributed by atoms with Crippen molar-refractivity contribution in [3.63, 3.8) is 0 Å². The third-order valence-electron chi connectivity index (χ3n) is 2.88. The fourth-order valence-corrected chi connectivity index (χ4v) is 2.33. The van der Waals surface area contributed by atoms with Gasteiger partial charge in [-0.2, -0.15) is 0 Å². The largest absolute Gasteiger partial charge is 0.496 e. The minimum atomic E-state index is 0.0700. The Morgan fingerprint density at radius 1 is 1.24 bits per heavy atom. The molecule has 0 saturated heterocycles. The quantitative estimate of drug-likeness (QED) is 0.376. The van der Waals surface area contributed by atoms with Gasteiger partial charge in [0.1, 0.15) is 18.1 Å². The lowest BCUT2D eigenvalue weighted by atomic mass is 10.2. The van der Waals surface area contributed by atoms with E-state index in [1.165, 1.54) is 0 Å². The lowest BCUT2D eigenvalue weighted by molar-refractivity contribution is 0.305. The van der Waals surface area contributed by atoms with Crippen molar-refractivity contribution in [1.29, 1.82) is 0 Å². The van der Waals surface area contributed by atoms with E-state index in [9.17, 15) is 0 Å². The van der Waals surface area contributed by atoms with Crippen molar-refractivity contribution in [3.05, 3.63) is 58.1 Å². The van der Waals surface area contributed by atoms with E-state index in [0.717, 1.165) is 15.8 Å². The van der Waals surface area contributed by atoms with E-state index in [4.69, 9.17) is 20.4 Å². The number of hydrogen-bond donors (Lipinski definition) is 2. The molecule has 0 amide bonds. The van der Waals surface area contributed by atoms with Crippen LogP contribution in [0.4, 0.5) is 0 Å². The summed E-state index contributed by atoms with van der Waals surface area (Å²) in [5.74, 6) is 1.55. The molecule has 0 aromatic heterocycles. The molecule has 0 aliphatic carbocycles. The molecule has 3 N–H and O–H groups in total. The van der Waals surface area contributed by atoms with Crippen molar-refractivity contribution in [3.8, 4) is 11.5 Å². The number of benzene rings is 2. The number of methoxy groups -OCH3 is 1. The predicted octanol–water partition coefficient (Wildman–Crippen LogP) is 3.13. The maximum Gasteiger partial charge on any atom is 0.170 e. The third-order valence-corrected chi connectivity index (χ3v) is 3.50. The number of rotatable bonds is 5. The Hall–Kier alpha value is -2.21. The summed E-state index contributed by atoms with van der Waals surface area (Å²) < 4.78 is 11.7. The van der Waals surface area contributed by atoms with Gasteiger partial charge in [-0.15, -0.1) is 0 Å². The Kier molecular flexibility index (Phi) is 5.05. The zero-order valence-corrected chi connectivity index (χ0v) is 13.0. The molecule has 0 heterocycles. The molecule has 2 aromatic rings. The lowest BCUT2D eigenvalue weighted by Crippen LogP contribution is -2.12. The van der Waals surface area contributed by atoms with Crippen molar-refractivity contribution in [1.82, 2.24) is 0 Å². The Morgan fingerprint density at radius 3 is 2.52 bits per heavy atom.